The molecule has 1 unspecified atom stereocenters. The van der Waals surface area contributed by atoms with Crippen molar-refractivity contribution in [3.8, 4) is 0 Å². The summed E-state index contributed by atoms with van der Waals surface area (Å²) in [6.07, 6.45) is 5.65. The second-order valence-corrected chi connectivity index (χ2v) is 4.74. The van der Waals surface area contributed by atoms with Crippen LogP contribution in [0.25, 0.3) is 0 Å². The van der Waals surface area contributed by atoms with Crippen LogP contribution in [0.4, 0.5) is 0 Å². The summed E-state index contributed by atoms with van der Waals surface area (Å²) in [4.78, 5) is 8.77. The number of hydrogen-bond acceptors (Lipinski definition) is 3. The molecule has 100 valence electrons. The summed E-state index contributed by atoms with van der Waals surface area (Å²) in [7, 11) is 0. The van der Waals surface area contributed by atoms with Crippen LogP contribution in [0.2, 0.25) is 0 Å². The summed E-state index contributed by atoms with van der Waals surface area (Å²) in [6, 6.07) is 10.5. The number of aromatic nitrogens is 2. The lowest BCUT2D eigenvalue weighted by Gasteiger charge is -2.18. The lowest BCUT2D eigenvalue weighted by atomic mass is 10.0. The molecule has 3 nitrogen and oxygen atoms in total. The van der Waals surface area contributed by atoms with Crippen LogP contribution in [0, 0.1) is 6.92 Å². The van der Waals surface area contributed by atoms with E-state index in [1.165, 1.54) is 11.1 Å². The van der Waals surface area contributed by atoms with Crippen LogP contribution >= 0.6 is 0 Å². The molecule has 0 aliphatic carbocycles. The van der Waals surface area contributed by atoms with E-state index in [0.717, 1.165) is 25.2 Å². The third-order valence-electron chi connectivity index (χ3n) is 3.22. The van der Waals surface area contributed by atoms with Crippen LogP contribution < -0.4 is 5.32 Å². The topological polar surface area (TPSA) is 37.8 Å². The molecule has 1 heterocycles. The Morgan fingerprint density at radius 1 is 1.11 bits per heavy atom. The molecule has 0 saturated carbocycles. The van der Waals surface area contributed by atoms with Gasteiger partial charge in [0.25, 0.3) is 0 Å². The van der Waals surface area contributed by atoms with Crippen molar-refractivity contribution >= 4 is 0 Å². The lowest BCUT2D eigenvalue weighted by molar-refractivity contribution is 0.503. The molecule has 0 radical (unpaired) electrons. The third-order valence-corrected chi connectivity index (χ3v) is 3.22. The predicted molar refractivity (Wildman–Crippen MR) is 77.9 cm³/mol. The molecule has 19 heavy (non-hydrogen) atoms. The van der Waals surface area contributed by atoms with Gasteiger partial charge in [-0.1, -0.05) is 31.2 Å². The summed E-state index contributed by atoms with van der Waals surface area (Å²) in [6.45, 7) is 5.30. The lowest BCUT2D eigenvalue weighted by Crippen LogP contribution is -2.26. The van der Waals surface area contributed by atoms with Crippen LogP contribution in [0.15, 0.2) is 42.7 Å². The molecule has 3 heteroatoms. The molecule has 0 bridgehead atoms. The van der Waals surface area contributed by atoms with Gasteiger partial charge >= 0.3 is 0 Å². The Balaban J connectivity index is 2.17. The van der Waals surface area contributed by atoms with Gasteiger partial charge in [0, 0.05) is 12.4 Å². The van der Waals surface area contributed by atoms with Gasteiger partial charge < -0.3 is 5.32 Å². The van der Waals surface area contributed by atoms with E-state index in [0.29, 0.717) is 0 Å². The molecule has 0 fully saturated rings. The van der Waals surface area contributed by atoms with Crippen LogP contribution in [0.3, 0.4) is 0 Å². The van der Waals surface area contributed by atoms with Gasteiger partial charge in [-0.25, -0.2) is 9.97 Å². The zero-order valence-electron chi connectivity index (χ0n) is 11.6. The van der Waals surface area contributed by atoms with Crippen LogP contribution in [0.5, 0.6) is 0 Å². The fourth-order valence-corrected chi connectivity index (χ4v) is 2.12. The minimum absolute atomic E-state index is 0.183. The highest BCUT2D eigenvalue weighted by Crippen LogP contribution is 2.17. The Hall–Kier alpha value is -1.74. The number of aryl methyl sites for hydroxylation is 1. The molecule has 1 atom stereocenters. The van der Waals surface area contributed by atoms with Gasteiger partial charge in [-0.2, -0.15) is 0 Å². The maximum atomic E-state index is 4.38. The molecule has 0 amide bonds. The SMILES string of the molecule is CCCNC(Cc1ccccc1C)c1ncccn1. The Morgan fingerprint density at radius 3 is 2.53 bits per heavy atom. The van der Waals surface area contributed by atoms with E-state index in [-0.39, 0.29) is 6.04 Å². The minimum atomic E-state index is 0.183. The largest absolute Gasteiger partial charge is 0.307 e. The Morgan fingerprint density at radius 2 is 1.84 bits per heavy atom. The maximum Gasteiger partial charge on any atom is 0.145 e. The fourth-order valence-electron chi connectivity index (χ4n) is 2.12. The first kappa shape index (κ1) is 13.7. The highest BCUT2D eigenvalue weighted by molar-refractivity contribution is 5.27. The van der Waals surface area contributed by atoms with Gasteiger partial charge in [-0.3, -0.25) is 0 Å². The molecule has 0 saturated heterocycles. The van der Waals surface area contributed by atoms with Crippen molar-refractivity contribution in [1.82, 2.24) is 15.3 Å². The van der Waals surface area contributed by atoms with E-state index >= 15 is 0 Å². The van der Waals surface area contributed by atoms with Gasteiger partial charge in [0.05, 0.1) is 6.04 Å². The normalized spacial score (nSPS) is 12.3. The first-order chi connectivity index (χ1) is 9.31. The van der Waals surface area contributed by atoms with Gasteiger partial charge in [0.15, 0.2) is 0 Å². The van der Waals surface area contributed by atoms with Crippen molar-refractivity contribution < 1.29 is 0 Å². The van der Waals surface area contributed by atoms with Crippen LogP contribution in [-0.2, 0) is 6.42 Å². The molecular formula is C16H21N3. The van der Waals surface area contributed by atoms with E-state index in [1.807, 2.05) is 6.07 Å². The van der Waals surface area contributed by atoms with Crippen molar-refractivity contribution in [1.29, 1.82) is 0 Å². The molecule has 0 spiro atoms. The van der Waals surface area contributed by atoms with Gasteiger partial charge in [-0.15, -0.1) is 0 Å². The Labute approximate surface area is 115 Å². The molecular weight excluding hydrogens is 234 g/mol. The van der Waals surface area contributed by atoms with Crippen molar-refractivity contribution in [2.45, 2.75) is 32.7 Å². The summed E-state index contributed by atoms with van der Waals surface area (Å²) < 4.78 is 0. The molecule has 2 rings (SSSR count). The van der Waals surface area contributed by atoms with Crippen molar-refractivity contribution in [2.24, 2.45) is 0 Å². The van der Waals surface area contributed by atoms with E-state index in [9.17, 15) is 0 Å². The Kier molecular flexibility index (Phi) is 5.04. The zero-order valence-corrected chi connectivity index (χ0v) is 11.6. The first-order valence-corrected chi connectivity index (χ1v) is 6.86. The number of rotatable bonds is 6. The quantitative estimate of drug-likeness (QED) is 0.862. The number of hydrogen-bond donors (Lipinski definition) is 1. The number of nitrogens with one attached hydrogen (secondary N) is 1. The number of benzene rings is 1. The fraction of sp³-hybridized carbons (Fsp3) is 0.375. The summed E-state index contributed by atoms with van der Waals surface area (Å²) in [5.41, 5.74) is 2.67. The average Bonchev–Trinajstić information content (AvgIpc) is 2.46. The minimum Gasteiger partial charge on any atom is -0.307 e. The van der Waals surface area contributed by atoms with Gasteiger partial charge in [-0.05, 0) is 43.5 Å². The maximum absolute atomic E-state index is 4.38. The Bertz CT molecular complexity index is 496. The van der Waals surface area contributed by atoms with Crippen molar-refractivity contribution in [2.75, 3.05) is 6.54 Å². The van der Waals surface area contributed by atoms with Crippen LogP contribution in [0.1, 0.15) is 36.3 Å². The van der Waals surface area contributed by atoms with Crippen molar-refractivity contribution in [3.05, 3.63) is 59.7 Å². The van der Waals surface area contributed by atoms with Crippen LogP contribution in [-0.4, -0.2) is 16.5 Å². The molecule has 0 aliphatic rings. The molecule has 0 aliphatic heterocycles. The standard InChI is InChI=1S/C16H21N3/c1-3-9-17-15(16-18-10-6-11-19-16)12-14-8-5-4-7-13(14)2/h4-8,10-11,15,17H,3,9,12H2,1-2H3. The second kappa shape index (κ2) is 7.00. The van der Waals surface area contributed by atoms with E-state index in [2.05, 4.69) is 53.4 Å². The molecule has 1 aromatic heterocycles. The average molecular weight is 255 g/mol. The smallest absolute Gasteiger partial charge is 0.145 e. The molecule has 1 aromatic carbocycles. The highest BCUT2D eigenvalue weighted by Gasteiger charge is 2.14. The van der Waals surface area contributed by atoms with E-state index < -0.39 is 0 Å². The third kappa shape index (κ3) is 3.86. The first-order valence-electron chi connectivity index (χ1n) is 6.86. The predicted octanol–water partition coefficient (Wildman–Crippen LogP) is 3.07. The second-order valence-electron chi connectivity index (χ2n) is 4.74. The van der Waals surface area contributed by atoms with Gasteiger partial charge in [0.1, 0.15) is 5.82 Å². The summed E-state index contributed by atoms with van der Waals surface area (Å²) in [5, 5.41) is 3.54. The zero-order chi connectivity index (χ0) is 13.5. The van der Waals surface area contributed by atoms with E-state index in [1.54, 1.807) is 12.4 Å². The van der Waals surface area contributed by atoms with Crippen molar-refractivity contribution in [3.63, 3.8) is 0 Å². The monoisotopic (exact) mass is 255 g/mol. The van der Waals surface area contributed by atoms with Gasteiger partial charge in [0.2, 0.25) is 0 Å². The molecule has 2 aromatic rings. The summed E-state index contributed by atoms with van der Waals surface area (Å²) in [5.74, 6) is 0.874. The molecule has 1 N–H and O–H groups in total. The van der Waals surface area contributed by atoms with E-state index in [4.69, 9.17) is 0 Å². The summed E-state index contributed by atoms with van der Waals surface area (Å²) >= 11 is 0. The highest BCUT2D eigenvalue weighted by atomic mass is 15.0. The number of nitrogens with zero attached hydrogens (tertiary/aromatic N) is 2.